The van der Waals surface area contributed by atoms with Gasteiger partial charge in [0.2, 0.25) is 5.91 Å². The lowest BCUT2D eigenvalue weighted by molar-refractivity contribution is -0.126. The van der Waals surface area contributed by atoms with E-state index in [9.17, 15) is 23.1 Å². The van der Waals surface area contributed by atoms with Crippen LogP contribution < -0.4 is 5.32 Å². The zero-order valence-electron chi connectivity index (χ0n) is 18.5. The number of aromatic hydroxyl groups is 1. The van der Waals surface area contributed by atoms with Crippen molar-refractivity contribution in [1.29, 1.82) is 0 Å². The molecule has 0 bridgehead atoms. The van der Waals surface area contributed by atoms with E-state index in [0.29, 0.717) is 11.1 Å². The van der Waals surface area contributed by atoms with E-state index in [1.54, 1.807) is 42.5 Å². The van der Waals surface area contributed by atoms with Crippen molar-refractivity contribution in [3.8, 4) is 16.2 Å². The number of hydrogen-bond donors (Lipinski definition) is 2. The minimum Gasteiger partial charge on any atom is -0.508 e. The second-order valence-electron chi connectivity index (χ2n) is 8.31. The van der Waals surface area contributed by atoms with Crippen LogP contribution in [0.2, 0.25) is 0 Å². The van der Waals surface area contributed by atoms with Crippen LogP contribution in [0.1, 0.15) is 18.1 Å². The smallest absolute Gasteiger partial charge is 0.239 e. The Labute approximate surface area is 202 Å². The molecule has 0 spiro atoms. The van der Waals surface area contributed by atoms with Gasteiger partial charge in [-0.2, -0.15) is 0 Å². The predicted molar refractivity (Wildman–Crippen MR) is 130 cm³/mol. The van der Waals surface area contributed by atoms with E-state index in [1.165, 1.54) is 12.1 Å². The van der Waals surface area contributed by atoms with E-state index in [2.05, 4.69) is 5.32 Å². The predicted octanol–water partition coefficient (Wildman–Crippen LogP) is 3.12. The summed E-state index contributed by atoms with van der Waals surface area (Å²) in [6.07, 6.45) is -0.615. The molecule has 178 valence electrons. The summed E-state index contributed by atoms with van der Waals surface area (Å²) in [6.45, 7) is 1.55. The van der Waals surface area contributed by atoms with Crippen molar-refractivity contribution < 1.29 is 27.9 Å². The van der Waals surface area contributed by atoms with Gasteiger partial charge in [0.05, 0.1) is 11.9 Å². The average molecular weight is 500 g/mol. The summed E-state index contributed by atoms with van der Waals surface area (Å²) in [7, 11) is -3.95. The van der Waals surface area contributed by atoms with Gasteiger partial charge < -0.3 is 15.2 Å². The summed E-state index contributed by atoms with van der Waals surface area (Å²) in [5, 5.41) is 12.7. The summed E-state index contributed by atoms with van der Waals surface area (Å²) in [4.78, 5) is 26.3. The lowest BCUT2D eigenvalue weighted by atomic mass is 10.1. The lowest BCUT2D eigenvalue weighted by Gasteiger charge is -2.21. The maximum atomic E-state index is 13.4. The number of ether oxygens (including phenoxy) is 1. The van der Waals surface area contributed by atoms with Gasteiger partial charge in [0.15, 0.2) is 15.6 Å². The molecule has 4 rings (SSSR count). The number of rotatable bonds is 8. The van der Waals surface area contributed by atoms with Gasteiger partial charge in [-0.25, -0.2) is 8.42 Å². The number of carbonyl (C=O) groups is 2. The van der Waals surface area contributed by atoms with Crippen molar-refractivity contribution >= 4 is 32.9 Å². The number of hydrogen-bond acceptors (Lipinski definition) is 7. The average Bonchev–Trinajstić information content (AvgIpc) is 3.45. The standard InChI is InChI=1S/C25H25NO6S2/c1-16-24(21(28)14-32-16)26-25(29)23(13-17-6-10-20(27)11-7-17)34(30,31)15-18-4-8-19(9-5-18)22-3-2-12-33-22/h2-12,16,23-24,27H,13-15H2,1H3,(H,26,29). The van der Waals surface area contributed by atoms with Crippen LogP contribution in [0.4, 0.5) is 0 Å². The van der Waals surface area contributed by atoms with Crippen LogP contribution >= 0.6 is 11.3 Å². The van der Waals surface area contributed by atoms with Gasteiger partial charge in [-0.3, -0.25) is 9.59 Å². The van der Waals surface area contributed by atoms with E-state index >= 15 is 0 Å². The van der Waals surface area contributed by atoms with Crippen LogP contribution in [0.5, 0.6) is 5.75 Å². The fraction of sp³-hybridized carbons (Fsp3) is 0.280. The highest BCUT2D eigenvalue weighted by Gasteiger charge is 2.39. The monoisotopic (exact) mass is 499 g/mol. The summed E-state index contributed by atoms with van der Waals surface area (Å²) in [5.41, 5.74) is 2.14. The molecule has 3 unspecified atom stereocenters. The number of thiophene rings is 1. The van der Waals surface area contributed by atoms with Gasteiger partial charge in [-0.05, 0) is 53.6 Å². The normalized spacial score (nSPS) is 19.1. The molecule has 1 fully saturated rings. The molecular weight excluding hydrogens is 474 g/mol. The summed E-state index contributed by atoms with van der Waals surface area (Å²) in [6, 6.07) is 16.3. The van der Waals surface area contributed by atoms with Crippen LogP contribution in [0.15, 0.2) is 66.0 Å². The number of benzene rings is 2. The minimum atomic E-state index is -3.95. The van der Waals surface area contributed by atoms with Crippen LogP contribution in [0.25, 0.3) is 10.4 Å². The highest BCUT2D eigenvalue weighted by Crippen LogP contribution is 2.26. The van der Waals surface area contributed by atoms with E-state index < -0.39 is 33.1 Å². The van der Waals surface area contributed by atoms with Gasteiger partial charge in [0.1, 0.15) is 23.6 Å². The Morgan fingerprint density at radius 3 is 2.38 bits per heavy atom. The Balaban J connectivity index is 1.57. The van der Waals surface area contributed by atoms with Crippen LogP contribution in [-0.2, 0) is 36.3 Å². The van der Waals surface area contributed by atoms with Crippen molar-refractivity contribution in [1.82, 2.24) is 5.32 Å². The molecular formula is C25H25NO6S2. The van der Waals surface area contributed by atoms with Gasteiger partial charge in [0, 0.05) is 4.88 Å². The number of sulfone groups is 1. The third-order valence-electron chi connectivity index (χ3n) is 5.81. The molecule has 0 saturated carbocycles. The Bertz CT molecular complexity index is 1250. The zero-order valence-corrected chi connectivity index (χ0v) is 20.1. The summed E-state index contributed by atoms with van der Waals surface area (Å²) in [5.74, 6) is -1.30. The first kappa shape index (κ1) is 24.1. The molecule has 1 aromatic heterocycles. The molecule has 0 radical (unpaired) electrons. The third-order valence-corrected chi connectivity index (χ3v) is 8.72. The first-order chi connectivity index (χ1) is 16.2. The first-order valence-electron chi connectivity index (χ1n) is 10.8. The second kappa shape index (κ2) is 10.1. The SMILES string of the molecule is CC1OCC(=O)C1NC(=O)C(Cc1ccc(O)cc1)S(=O)(=O)Cc1ccc(-c2cccs2)cc1. The molecule has 1 amide bonds. The maximum absolute atomic E-state index is 13.4. The van der Waals surface area contributed by atoms with Crippen molar-refractivity contribution in [3.05, 3.63) is 77.2 Å². The molecule has 7 nitrogen and oxygen atoms in total. The molecule has 1 aliphatic rings. The Hall–Kier alpha value is -3.01. The summed E-state index contributed by atoms with van der Waals surface area (Å²) >= 11 is 1.59. The lowest BCUT2D eigenvalue weighted by Crippen LogP contribution is -2.50. The van der Waals surface area contributed by atoms with Gasteiger partial charge in [0.25, 0.3) is 0 Å². The van der Waals surface area contributed by atoms with Gasteiger partial charge in [-0.1, -0.05) is 42.5 Å². The van der Waals surface area contributed by atoms with Crippen molar-refractivity contribution in [2.75, 3.05) is 6.61 Å². The molecule has 3 aromatic rings. The van der Waals surface area contributed by atoms with Crippen LogP contribution in [-0.4, -0.2) is 49.2 Å². The van der Waals surface area contributed by atoms with Crippen LogP contribution in [0.3, 0.4) is 0 Å². The van der Waals surface area contributed by atoms with E-state index in [4.69, 9.17) is 4.74 Å². The number of Topliss-reactive ketones (excluding diaryl/α,β-unsaturated/α-hetero) is 1. The Kier molecular flexibility index (Phi) is 7.16. The van der Waals surface area contributed by atoms with E-state index in [-0.39, 0.29) is 30.3 Å². The number of carbonyl (C=O) groups excluding carboxylic acids is 2. The van der Waals surface area contributed by atoms with Crippen molar-refractivity contribution in [3.63, 3.8) is 0 Å². The number of nitrogens with one attached hydrogen (secondary N) is 1. The molecule has 34 heavy (non-hydrogen) atoms. The van der Waals surface area contributed by atoms with E-state index in [1.807, 2.05) is 29.6 Å². The second-order valence-corrected chi connectivity index (χ2v) is 11.4. The number of amides is 1. The largest absolute Gasteiger partial charge is 0.508 e. The number of ketones is 1. The number of phenolic OH excluding ortho intramolecular Hbond substituents is 1. The molecule has 1 aliphatic heterocycles. The maximum Gasteiger partial charge on any atom is 0.239 e. The molecule has 3 atom stereocenters. The van der Waals surface area contributed by atoms with Crippen molar-refractivity contribution in [2.24, 2.45) is 0 Å². The fourth-order valence-corrected chi connectivity index (χ4v) is 6.31. The highest BCUT2D eigenvalue weighted by atomic mass is 32.2. The molecule has 9 heteroatoms. The highest BCUT2D eigenvalue weighted by molar-refractivity contribution is 7.92. The molecule has 2 heterocycles. The molecule has 2 N–H and O–H groups in total. The number of phenols is 1. The van der Waals surface area contributed by atoms with E-state index in [0.717, 1.165) is 10.4 Å². The first-order valence-corrected chi connectivity index (χ1v) is 13.4. The molecule has 2 aromatic carbocycles. The minimum absolute atomic E-state index is 0.0426. The van der Waals surface area contributed by atoms with Gasteiger partial charge in [-0.15, -0.1) is 11.3 Å². The van der Waals surface area contributed by atoms with Crippen LogP contribution in [0, 0.1) is 0 Å². The van der Waals surface area contributed by atoms with Crippen molar-refractivity contribution in [2.45, 2.75) is 36.5 Å². The quantitative estimate of drug-likeness (QED) is 0.493. The Morgan fingerprint density at radius 1 is 1.12 bits per heavy atom. The zero-order chi connectivity index (χ0) is 24.3. The molecule has 0 aliphatic carbocycles. The van der Waals surface area contributed by atoms with Gasteiger partial charge >= 0.3 is 0 Å². The summed E-state index contributed by atoms with van der Waals surface area (Å²) < 4.78 is 32.2. The fourth-order valence-electron chi connectivity index (χ4n) is 3.88. The Morgan fingerprint density at radius 2 is 1.79 bits per heavy atom. The molecule has 1 saturated heterocycles. The third kappa shape index (κ3) is 5.55. The topological polar surface area (TPSA) is 110 Å².